The molecular weight excluding hydrogens is 283 g/mol. The van der Waals surface area contributed by atoms with Gasteiger partial charge in [0.25, 0.3) is 0 Å². The molecule has 0 amide bonds. The van der Waals surface area contributed by atoms with E-state index in [0.717, 1.165) is 12.1 Å². The van der Waals surface area contributed by atoms with E-state index in [1.807, 2.05) is 0 Å². The summed E-state index contributed by atoms with van der Waals surface area (Å²) in [5, 5.41) is 28.6. The van der Waals surface area contributed by atoms with Crippen molar-refractivity contribution in [1.82, 2.24) is 0 Å². The second-order valence-corrected chi connectivity index (χ2v) is 4.27. The van der Waals surface area contributed by atoms with Crippen molar-refractivity contribution >= 4 is 35.3 Å². The van der Waals surface area contributed by atoms with Gasteiger partial charge in [-0.1, -0.05) is 12.1 Å². The van der Waals surface area contributed by atoms with E-state index in [0.29, 0.717) is 0 Å². The van der Waals surface area contributed by atoms with Gasteiger partial charge < -0.3 is 20.1 Å². The molecule has 103 valence electrons. The molecule has 21 heavy (non-hydrogen) atoms. The molecule has 1 aliphatic rings. The average Bonchev–Trinajstić information content (AvgIpc) is 2.45. The zero-order valence-corrected chi connectivity index (χ0v) is 13.1. The number of Topliss-reactive ketones (excluding diaryl/α,β-unsaturated/α-hetero) is 1. The Morgan fingerprint density at radius 2 is 1.81 bits per heavy atom. The van der Waals surface area contributed by atoms with Crippen LogP contribution in [0.2, 0.25) is 0 Å². The van der Waals surface area contributed by atoms with Gasteiger partial charge in [0.2, 0.25) is 0 Å². The van der Waals surface area contributed by atoms with Crippen LogP contribution in [0.15, 0.2) is 36.4 Å². The summed E-state index contributed by atoms with van der Waals surface area (Å²) in [6.07, 6.45) is -5.24. The molecule has 0 saturated heterocycles. The largest absolute Gasteiger partial charge is 0.508 e. The Balaban J connectivity index is 0.00000208. The van der Waals surface area contributed by atoms with Crippen molar-refractivity contribution in [2.75, 3.05) is 0 Å². The third kappa shape index (κ3) is 3.00. The molecule has 3 rings (SSSR count). The molecule has 0 bridgehead atoms. The minimum absolute atomic E-state index is 0. The smallest absolute Gasteiger partial charge is 0.174 e. The van der Waals surface area contributed by atoms with Crippen LogP contribution in [-0.2, 0) is 0 Å². The molecule has 5 nitrogen and oxygen atoms in total. The van der Waals surface area contributed by atoms with Gasteiger partial charge >= 0.3 is 0 Å². The zero-order chi connectivity index (χ0) is 17.0. The van der Waals surface area contributed by atoms with Crippen LogP contribution < -0.4 is 4.74 Å². The van der Waals surface area contributed by atoms with E-state index in [2.05, 4.69) is 0 Å². The first-order valence-corrected chi connectivity index (χ1v) is 5.76. The fourth-order valence-electron chi connectivity index (χ4n) is 1.94. The molecule has 0 aromatic heterocycles. The number of ether oxygens (including phenoxy) is 1. The summed E-state index contributed by atoms with van der Waals surface area (Å²) in [5.41, 5.74) is -0.420. The van der Waals surface area contributed by atoms with Crippen molar-refractivity contribution in [2.24, 2.45) is 0 Å². The van der Waals surface area contributed by atoms with E-state index in [9.17, 15) is 20.1 Å². The maximum absolute atomic E-state index is 12.5. The molecule has 2 aromatic rings. The third-order valence-electron chi connectivity index (χ3n) is 2.86. The number of ketones is 1. The first-order valence-electron chi connectivity index (χ1n) is 7.26. The van der Waals surface area contributed by atoms with Gasteiger partial charge in [-0.05, 0) is 17.7 Å². The number of carbonyl (C=O) groups excluding carboxylic acids is 1. The second kappa shape index (κ2) is 5.97. The number of hydrogen-bond donors (Lipinski definition) is 3. The number of carbonyl (C=O) groups is 1. The Morgan fingerprint density at radius 1 is 1.14 bits per heavy atom. The van der Waals surface area contributed by atoms with Gasteiger partial charge in [0, 0.05) is 44.4 Å². The molecule has 2 aromatic carbocycles. The molecule has 1 radical (unpaired) electrons. The van der Waals surface area contributed by atoms with Crippen molar-refractivity contribution < 1.29 is 29.0 Å². The summed E-state index contributed by atoms with van der Waals surface area (Å²) in [5.74, 6) is -2.51. The summed E-state index contributed by atoms with van der Waals surface area (Å²) in [4.78, 5) is 12.5. The fourth-order valence-corrected chi connectivity index (χ4v) is 1.94. The predicted molar refractivity (Wildman–Crippen MR) is 75.9 cm³/mol. The Labute approximate surface area is 147 Å². The van der Waals surface area contributed by atoms with Crippen molar-refractivity contribution in [3.05, 3.63) is 47.5 Å². The molecule has 0 fully saturated rings. The second-order valence-electron chi connectivity index (χ2n) is 4.27. The summed E-state index contributed by atoms with van der Waals surface area (Å²) in [7, 11) is 0. The van der Waals surface area contributed by atoms with E-state index in [1.54, 1.807) is 0 Å². The number of fused-ring (bicyclic) bond motifs is 1. The quantitative estimate of drug-likeness (QED) is 0.702. The minimum atomic E-state index is -2.80. The van der Waals surface area contributed by atoms with Crippen molar-refractivity contribution in [3.63, 3.8) is 0 Å². The van der Waals surface area contributed by atoms with Crippen LogP contribution in [0.1, 0.15) is 32.5 Å². The molecule has 0 saturated carbocycles. The SMILES string of the molecule is [2H]C1([2H])C(=O)c2c(O)cc(O)cc2O[C@]1([2H])c1ccc(O)cc1.[Na]. The third-order valence-corrected chi connectivity index (χ3v) is 2.86. The maximum atomic E-state index is 12.5. The van der Waals surface area contributed by atoms with Crippen LogP contribution in [0.5, 0.6) is 23.0 Å². The first kappa shape index (κ1) is 11.9. The van der Waals surface area contributed by atoms with Crippen LogP contribution in [0.4, 0.5) is 0 Å². The molecule has 1 aliphatic heterocycles. The van der Waals surface area contributed by atoms with Gasteiger partial charge in [0.1, 0.15) is 34.6 Å². The molecule has 0 spiro atoms. The summed E-state index contributed by atoms with van der Waals surface area (Å²) in [6, 6.07) is 6.94. The Bertz CT molecular complexity index is 810. The van der Waals surface area contributed by atoms with Gasteiger partial charge in [-0.25, -0.2) is 0 Å². The zero-order valence-electron chi connectivity index (χ0n) is 14.1. The van der Waals surface area contributed by atoms with Crippen LogP contribution >= 0.6 is 0 Å². The van der Waals surface area contributed by atoms with Gasteiger partial charge in [-0.3, -0.25) is 4.79 Å². The number of hydrogen-bond acceptors (Lipinski definition) is 5. The monoisotopic (exact) mass is 298 g/mol. The average molecular weight is 298 g/mol. The summed E-state index contributed by atoms with van der Waals surface area (Å²) in [6.45, 7) is 0. The topological polar surface area (TPSA) is 87.0 Å². The molecule has 3 N–H and O–H groups in total. The van der Waals surface area contributed by atoms with E-state index in [1.165, 1.54) is 24.3 Å². The molecule has 0 aliphatic carbocycles. The molecular formula is C15H12NaO5. The number of aromatic hydroxyl groups is 3. The normalized spacial score (nSPS) is 24.6. The standard InChI is InChI=1S/C15H12O5.Na/c16-9-3-1-8(2-4-9)13-7-12(19)15-11(18)5-10(17)6-14(15)20-13;/h1-6,13,16-18H,7H2;/t13-;/m0./s1/i7D2,13D;. The number of phenolic OH excluding ortho intramolecular Hbond substituents is 3. The first-order chi connectivity index (χ1) is 10.7. The van der Waals surface area contributed by atoms with E-state index >= 15 is 0 Å². The molecule has 1 heterocycles. The molecule has 1 atom stereocenters. The fraction of sp³-hybridized carbons (Fsp3) is 0.133. The minimum Gasteiger partial charge on any atom is -0.508 e. The summed E-state index contributed by atoms with van der Waals surface area (Å²) >= 11 is 0. The number of phenols is 3. The molecule has 6 heteroatoms. The van der Waals surface area contributed by atoms with E-state index < -0.39 is 29.5 Å². The van der Waals surface area contributed by atoms with Crippen LogP contribution in [0, 0.1) is 0 Å². The number of rotatable bonds is 1. The van der Waals surface area contributed by atoms with Gasteiger partial charge in [-0.2, -0.15) is 0 Å². The van der Waals surface area contributed by atoms with Crippen LogP contribution in [0.3, 0.4) is 0 Å². The van der Waals surface area contributed by atoms with Crippen molar-refractivity contribution in [3.8, 4) is 23.0 Å². The van der Waals surface area contributed by atoms with Gasteiger partial charge in [0.05, 0.1) is 7.74 Å². The Morgan fingerprint density at radius 3 is 2.48 bits per heavy atom. The van der Waals surface area contributed by atoms with Crippen LogP contribution in [0.25, 0.3) is 0 Å². The van der Waals surface area contributed by atoms with E-state index in [-0.39, 0.29) is 52.4 Å². The number of benzene rings is 2. The van der Waals surface area contributed by atoms with E-state index in [4.69, 9.17) is 8.85 Å². The van der Waals surface area contributed by atoms with Crippen molar-refractivity contribution in [1.29, 1.82) is 0 Å². The maximum Gasteiger partial charge on any atom is 0.174 e. The predicted octanol–water partition coefficient (Wildman–Crippen LogP) is 2.13. The Kier molecular flexibility index (Phi) is 3.39. The summed E-state index contributed by atoms with van der Waals surface area (Å²) < 4.78 is 29.8. The Hall–Kier alpha value is -1.69. The van der Waals surface area contributed by atoms with Gasteiger partial charge in [-0.15, -0.1) is 0 Å². The van der Waals surface area contributed by atoms with Gasteiger partial charge in [0.15, 0.2) is 5.78 Å². The molecule has 0 unspecified atom stereocenters. The van der Waals surface area contributed by atoms with Crippen molar-refractivity contribution in [2.45, 2.75) is 12.5 Å². The van der Waals surface area contributed by atoms with Crippen LogP contribution in [-0.4, -0.2) is 50.7 Å².